The molecule has 2 aromatic heterocycles. The molecular weight excluding hydrogens is 362 g/mol. The van der Waals surface area contributed by atoms with Crippen LogP contribution in [0.1, 0.15) is 24.0 Å². The van der Waals surface area contributed by atoms with Crippen molar-refractivity contribution in [3.8, 4) is 11.3 Å². The predicted molar refractivity (Wildman–Crippen MR) is 115 cm³/mol. The van der Waals surface area contributed by atoms with Crippen molar-refractivity contribution < 1.29 is 4.79 Å². The van der Waals surface area contributed by atoms with Crippen LogP contribution in [0.5, 0.6) is 0 Å². The lowest BCUT2D eigenvalue weighted by Gasteiger charge is -2.31. The van der Waals surface area contributed by atoms with E-state index in [2.05, 4.69) is 39.2 Å². The van der Waals surface area contributed by atoms with Crippen LogP contribution in [0.4, 0.5) is 11.5 Å². The van der Waals surface area contributed by atoms with Crippen LogP contribution < -0.4 is 10.2 Å². The first kappa shape index (κ1) is 19.1. The summed E-state index contributed by atoms with van der Waals surface area (Å²) < 4.78 is 0. The normalized spacial score (nSPS) is 14.6. The molecule has 3 aromatic rings. The molecule has 1 saturated heterocycles. The molecule has 0 unspecified atom stereocenters. The summed E-state index contributed by atoms with van der Waals surface area (Å²) in [6.45, 7) is 5.73. The van der Waals surface area contributed by atoms with Crippen LogP contribution in [0.15, 0.2) is 54.9 Å². The molecule has 0 bridgehead atoms. The minimum absolute atomic E-state index is 0.0236. The first-order chi connectivity index (χ1) is 14.1. The fraction of sp³-hybridized carbons (Fsp3) is 0.304. The van der Waals surface area contributed by atoms with Crippen LogP contribution >= 0.6 is 0 Å². The van der Waals surface area contributed by atoms with Crippen LogP contribution in [-0.2, 0) is 4.79 Å². The Balaban J connectivity index is 1.34. The van der Waals surface area contributed by atoms with Gasteiger partial charge in [0.2, 0.25) is 5.91 Å². The van der Waals surface area contributed by atoms with Gasteiger partial charge in [-0.15, -0.1) is 10.2 Å². The lowest BCUT2D eigenvalue weighted by atomic mass is 9.95. The maximum absolute atomic E-state index is 12.6. The molecule has 6 heteroatoms. The fourth-order valence-corrected chi connectivity index (χ4v) is 3.60. The molecule has 1 N–H and O–H groups in total. The van der Waals surface area contributed by atoms with Crippen LogP contribution in [0, 0.1) is 19.8 Å². The van der Waals surface area contributed by atoms with Crippen LogP contribution in [0.25, 0.3) is 11.3 Å². The lowest BCUT2D eigenvalue weighted by molar-refractivity contribution is -0.120. The fourth-order valence-electron chi connectivity index (χ4n) is 3.60. The van der Waals surface area contributed by atoms with Gasteiger partial charge in [-0.1, -0.05) is 6.07 Å². The third-order valence-electron chi connectivity index (χ3n) is 5.57. The van der Waals surface area contributed by atoms with E-state index in [1.165, 1.54) is 11.1 Å². The van der Waals surface area contributed by atoms with E-state index in [1.807, 2.05) is 42.5 Å². The van der Waals surface area contributed by atoms with Crippen molar-refractivity contribution in [1.82, 2.24) is 15.2 Å². The minimum Gasteiger partial charge on any atom is -0.355 e. The minimum atomic E-state index is 0.0236. The van der Waals surface area contributed by atoms with Gasteiger partial charge in [0.25, 0.3) is 0 Å². The summed E-state index contributed by atoms with van der Waals surface area (Å²) in [6, 6.07) is 13.9. The molecule has 1 aliphatic rings. The summed E-state index contributed by atoms with van der Waals surface area (Å²) in [5, 5.41) is 11.8. The number of hydrogen-bond donors (Lipinski definition) is 1. The van der Waals surface area contributed by atoms with Crippen molar-refractivity contribution in [2.24, 2.45) is 5.92 Å². The predicted octanol–water partition coefficient (Wildman–Crippen LogP) is 4.01. The highest BCUT2D eigenvalue weighted by atomic mass is 16.1. The molecule has 4 rings (SSSR count). The first-order valence-electron chi connectivity index (χ1n) is 9.97. The molecule has 29 heavy (non-hydrogen) atoms. The zero-order valence-electron chi connectivity index (χ0n) is 16.8. The Labute approximate surface area is 171 Å². The molecule has 6 nitrogen and oxygen atoms in total. The molecule has 1 aromatic carbocycles. The summed E-state index contributed by atoms with van der Waals surface area (Å²) in [5.74, 6) is 0.979. The van der Waals surface area contributed by atoms with Gasteiger partial charge in [0.15, 0.2) is 5.82 Å². The average Bonchev–Trinajstić information content (AvgIpc) is 2.77. The number of pyridine rings is 1. The first-order valence-corrected chi connectivity index (χ1v) is 9.97. The van der Waals surface area contributed by atoms with E-state index in [1.54, 1.807) is 12.4 Å². The van der Waals surface area contributed by atoms with Gasteiger partial charge in [-0.25, -0.2) is 0 Å². The van der Waals surface area contributed by atoms with E-state index in [4.69, 9.17) is 0 Å². The Hall–Kier alpha value is -3.28. The van der Waals surface area contributed by atoms with Gasteiger partial charge in [0.1, 0.15) is 0 Å². The SMILES string of the molecule is Cc1ccc(NC(=O)C2CCN(c3ccc(-c4cccnc4)nn3)CC2)cc1C. The summed E-state index contributed by atoms with van der Waals surface area (Å²) in [6.07, 6.45) is 5.14. The highest BCUT2D eigenvalue weighted by molar-refractivity contribution is 5.92. The van der Waals surface area contributed by atoms with Gasteiger partial charge in [-0.2, -0.15) is 0 Å². The number of hydrogen-bond acceptors (Lipinski definition) is 5. The van der Waals surface area contributed by atoms with Crippen molar-refractivity contribution in [2.75, 3.05) is 23.3 Å². The highest BCUT2D eigenvalue weighted by Gasteiger charge is 2.26. The van der Waals surface area contributed by atoms with Crippen molar-refractivity contribution in [3.63, 3.8) is 0 Å². The van der Waals surface area contributed by atoms with Gasteiger partial charge in [-0.05, 0) is 74.2 Å². The van der Waals surface area contributed by atoms with Crippen molar-refractivity contribution in [1.29, 1.82) is 0 Å². The van der Waals surface area contributed by atoms with E-state index in [-0.39, 0.29) is 11.8 Å². The third kappa shape index (κ3) is 4.42. The summed E-state index contributed by atoms with van der Waals surface area (Å²) in [5.41, 5.74) is 5.05. The molecule has 0 aliphatic carbocycles. The molecule has 1 aliphatic heterocycles. The van der Waals surface area contributed by atoms with Crippen LogP contribution in [0.2, 0.25) is 0 Å². The average molecular weight is 387 g/mol. The third-order valence-corrected chi connectivity index (χ3v) is 5.57. The topological polar surface area (TPSA) is 71.0 Å². The summed E-state index contributed by atoms with van der Waals surface area (Å²) in [4.78, 5) is 19.0. The van der Waals surface area contributed by atoms with E-state index in [0.29, 0.717) is 0 Å². The zero-order valence-corrected chi connectivity index (χ0v) is 16.8. The highest BCUT2D eigenvalue weighted by Crippen LogP contribution is 2.24. The number of carbonyl (C=O) groups is 1. The number of benzene rings is 1. The Morgan fingerprint density at radius 2 is 1.86 bits per heavy atom. The summed E-state index contributed by atoms with van der Waals surface area (Å²) in [7, 11) is 0. The Bertz CT molecular complexity index is 980. The van der Waals surface area contributed by atoms with Crippen molar-refractivity contribution in [3.05, 3.63) is 66.0 Å². The van der Waals surface area contributed by atoms with E-state index in [9.17, 15) is 4.79 Å². The molecular formula is C23H25N5O. The van der Waals surface area contributed by atoms with Gasteiger partial charge in [0.05, 0.1) is 5.69 Å². The number of piperidine rings is 1. The number of carbonyl (C=O) groups excluding carboxylic acids is 1. The van der Waals surface area contributed by atoms with E-state index in [0.717, 1.165) is 48.7 Å². The zero-order chi connectivity index (χ0) is 20.2. The van der Waals surface area contributed by atoms with Gasteiger partial charge in [0, 0.05) is 42.7 Å². The van der Waals surface area contributed by atoms with Gasteiger partial charge in [-0.3, -0.25) is 9.78 Å². The smallest absolute Gasteiger partial charge is 0.227 e. The number of aryl methyl sites for hydroxylation is 2. The van der Waals surface area contributed by atoms with E-state index < -0.39 is 0 Å². The van der Waals surface area contributed by atoms with Crippen LogP contribution in [0.3, 0.4) is 0 Å². The molecule has 1 amide bonds. The number of aromatic nitrogens is 3. The number of anilines is 2. The molecule has 0 saturated carbocycles. The second kappa shape index (κ2) is 8.39. The molecule has 0 spiro atoms. The number of rotatable bonds is 4. The summed E-state index contributed by atoms with van der Waals surface area (Å²) >= 11 is 0. The maximum Gasteiger partial charge on any atom is 0.227 e. The second-order valence-corrected chi connectivity index (χ2v) is 7.57. The molecule has 1 fully saturated rings. The van der Waals surface area contributed by atoms with Gasteiger partial charge < -0.3 is 10.2 Å². The quantitative estimate of drug-likeness (QED) is 0.732. The van der Waals surface area contributed by atoms with Crippen molar-refractivity contribution in [2.45, 2.75) is 26.7 Å². The van der Waals surface area contributed by atoms with Crippen LogP contribution in [-0.4, -0.2) is 34.2 Å². The second-order valence-electron chi connectivity index (χ2n) is 7.57. The molecule has 0 atom stereocenters. The Morgan fingerprint density at radius 3 is 2.52 bits per heavy atom. The Morgan fingerprint density at radius 1 is 1.03 bits per heavy atom. The number of amides is 1. The molecule has 148 valence electrons. The standard InChI is InChI=1S/C23H25N5O/c1-16-5-6-20(14-17(16)2)25-23(29)18-9-12-28(13-10-18)22-8-7-21(26-27-22)19-4-3-11-24-15-19/h3-8,11,14-15,18H,9-10,12-13H2,1-2H3,(H,25,29). The molecule has 0 radical (unpaired) electrons. The monoisotopic (exact) mass is 387 g/mol. The largest absolute Gasteiger partial charge is 0.355 e. The number of nitrogens with zero attached hydrogens (tertiary/aromatic N) is 4. The maximum atomic E-state index is 12.6. The van der Waals surface area contributed by atoms with E-state index >= 15 is 0 Å². The number of nitrogens with one attached hydrogen (secondary N) is 1. The van der Waals surface area contributed by atoms with Gasteiger partial charge >= 0.3 is 0 Å². The Kier molecular flexibility index (Phi) is 5.51. The lowest BCUT2D eigenvalue weighted by Crippen LogP contribution is -2.38. The molecule has 3 heterocycles. The van der Waals surface area contributed by atoms with Crippen molar-refractivity contribution >= 4 is 17.4 Å².